The molecule has 1 aliphatic rings. The molecule has 0 amide bonds. The zero-order chi connectivity index (χ0) is 8.81. The maximum absolute atomic E-state index is 11.0. The fraction of sp³-hybridized carbons (Fsp3) is 0.250. The molecular weight excluding hydrogens is 158 g/mol. The number of nitrogens with one attached hydrogen (secondary N) is 1. The molecule has 0 bridgehead atoms. The van der Waals surface area contributed by atoms with Gasteiger partial charge < -0.3 is 10.1 Å². The van der Waals surface area contributed by atoms with Crippen LogP contribution in [-0.2, 0) is 14.3 Å². The number of hydrogen-bond donors (Lipinski definition) is 1. The minimum absolute atomic E-state index is 0.190. The summed E-state index contributed by atoms with van der Waals surface area (Å²) in [4.78, 5) is 20.9. The first-order valence-electron chi connectivity index (χ1n) is 3.55. The maximum atomic E-state index is 11.0. The van der Waals surface area contributed by atoms with Crippen LogP contribution in [0.5, 0.6) is 0 Å². The topological polar surface area (TPSA) is 55.4 Å². The molecule has 0 radical (unpaired) electrons. The summed E-state index contributed by atoms with van der Waals surface area (Å²) in [7, 11) is 0. The van der Waals surface area contributed by atoms with Gasteiger partial charge in [0, 0.05) is 12.7 Å². The Morgan fingerprint density at radius 3 is 3.17 bits per heavy atom. The van der Waals surface area contributed by atoms with Crippen molar-refractivity contribution in [1.82, 2.24) is 5.32 Å². The number of carbonyl (C=O) groups is 2. The van der Waals surface area contributed by atoms with Crippen molar-refractivity contribution in [2.24, 2.45) is 0 Å². The Balaban J connectivity index is 2.46. The summed E-state index contributed by atoms with van der Waals surface area (Å²) < 4.78 is 4.56. The molecule has 1 aliphatic heterocycles. The highest BCUT2D eigenvalue weighted by atomic mass is 16.5. The Morgan fingerprint density at radius 2 is 2.58 bits per heavy atom. The molecule has 12 heavy (non-hydrogen) atoms. The van der Waals surface area contributed by atoms with Crippen molar-refractivity contribution in [3.05, 3.63) is 23.9 Å². The first kappa shape index (κ1) is 8.52. The number of esters is 1. The summed E-state index contributed by atoms with van der Waals surface area (Å²) in [6, 6.07) is 0. The van der Waals surface area contributed by atoms with Crippen LogP contribution in [0.25, 0.3) is 0 Å². The summed E-state index contributed by atoms with van der Waals surface area (Å²) >= 11 is 0. The predicted molar refractivity (Wildman–Crippen MR) is 42.2 cm³/mol. The van der Waals surface area contributed by atoms with Crippen molar-refractivity contribution in [3.63, 3.8) is 0 Å². The van der Waals surface area contributed by atoms with Crippen molar-refractivity contribution in [2.75, 3.05) is 13.2 Å². The molecule has 0 saturated carbocycles. The van der Waals surface area contributed by atoms with E-state index in [0.29, 0.717) is 18.4 Å². The monoisotopic (exact) mass is 167 g/mol. The van der Waals surface area contributed by atoms with E-state index in [9.17, 15) is 9.59 Å². The van der Waals surface area contributed by atoms with Crippen molar-refractivity contribution in [2.45, 2.75) is 0 Å². The molecule has 0 aromatic rings. The second kappa shape index (κ2) is 4.33. The van der Waals surface area contributed by atoms with Gasteiger partial charge in [0.05, 0.1) is 5.57 Å². The number of rotatable bonds is 3. The van der Waals surface area contributed by atoms with Crippen molar-refractivity contribution in [1.29, 1.82) is 0 Å². The first-order valence-corrected chi connectivity index (χ1v) is 3.55. The molecule has 0 aromatic carbocycles. The molecular formula is C8H9NO3. The molecule has 0 unspecified atom stereocenters. The average molecular weight is 167 g/mol. The molecule has 0 spiro atoms. The summed E-state index contributed by atoms with van der Waals surface area (Å²) in [5.74, 6) is -0.481. The van der Waals surface area contributed by atoms with E-state index in [1.54, 1.807) is 18.4 Å². The van der Waals surface area contributed by atoms with E-state index < -0.39 is 5.97 Å². The normalized spacial score (nSPS) is 14.5. The van der Waals surface area contributed by atoms with Crippen molar-refractivity contribution < 1.29 is 14.3 Å². The van der Waals surface area contributed by atoms with Gasteiger partial charge in [0.1, 0.15) is 6.61 Å². The third kappa shape index (κ3) is 2.23. The number of hydrogen-bond acceptors (Lipinski definition) is 4. The van der Waals surface area contributed by atoms with Gasteiger partial charge in [-0.2, -0.15) is 0 Å². The Hall–Kier alpha value is -1.58. The Labute approximate surface area is 69.9 Å². The lowest BCUT2D eigenvalue weighted by Gasteiger charge is -2.06. The van der Waals surface area contributed by atoms with Crippen LogP contribution in [0.1, 0.15) is 0 Å². The minimum atomic E-state index is -0.481. The highest BCUT2D eigenvalue weighted by Gasteiger charge is 2.08. The van der Waals surface area contributed by atoms with Crippen LogP contribution in [0.4, 0.5) is 0 Å². The lowest BCUT2D eigenvalue weighted by atomic mass is 10.2. The van der Waals surface area contributed by atoms with E-state index >= 15 is 0 Å². The van der Waals surface area contributed by atoms with Crippen LogP contribution in [0.3, 0.4) is 0 Å². The van der Waals surface area contributed by atoms with Gasteiger partial charge in [-0.15, -0.1) is 0 Å². The second-order valence-electron chi connectivity index (χ2n) is 2.18. The molecule has 4 nitrogen and oxygen atoms in total. The smallest absolute Gasteiger partial charge is 0.340 e. The number of ether oxygens (including phenoxy) is 1. The molecule has 1 N–H and O–H groups in total. The predicted octanol–water partition coefficient (Wildman–Crippen LogP) is -0.228. The molecule has 1 heterocycles. The number of aldehydes is 1. The summed E-state index contributed by atoms with van der Waals surface area (Å²) in [5, 5.41) is 2.85. The third-order valence-electron chi connectivity index (χ3n) is 1.31. The van der Waals surface area contributed by atoms with E-state index in [1.165, 1.54) is 0 Å². The maximum Gasteiger partial charge on any atom is 0.340 e. The van der Waals surface area contributed by atoms with E-state index in [-0.39, 0.29) is 6.61 Å². The molecule has 4 heteroatoms. The van der Waals surface area contributed by atoms with Gasteiger partial charge in [0.15, 0.2) is 6.29 Å². The van der Waals surface area contributed by atoms with Crippen LogP contribution in [-0.4, -0.2) is 25.4 Å². The lowest BCUT2D eigenvalue weighted by molar-refractivity contribution is -0.141. The van der Waals surface area contributed by atoms with Crippen LogP contribution >= 0.6 is 0 Å². The van der Waals surface area contributed by atoms with Crippen molar-refractivity contribution in [3.8, 4) is 0 Å². The largest absolute Gasteiger partial charge is 0.454 e. The minimum Gasteiger partial charge on any atom is -0.454 e. The zero-order valence-electron chi connectivity index (χ0n) is 6.45. The molecule has 0 aliphatic carbocycles. The van der Waals surface area contributed by atoms with Crippen LogP contribution in [0.2, 0.25) is 0 Å². The van der Waals surface area contributed by atoms with Gasteiger partial charge in [-0.3, -0.25) is 4.79 Å². The van der Waals surface area contributed by atoms with Gasteiger partial charge >= 0.3 is 5.97 Å². The quantitative estimate of drug-likeness (QED) is 0.466. The van der Waals surface area contributed by atoms with Crippen molar-refractivity contribution >= 4 is 12.3 Å². The Kier molecular flexibility index (Phi) is 3.07. The summed E-state index contributed by atoms with van der Waals surface area (Å²) in [5.41, 5.74) is 0.433. The van der Waals surface area contributed by atoms with E-state index in [4.69, 9.17) is 0 Å². The Morgan fingerprint density at radius 1 is 1.75 bits per heavy atom. The highest BCUT2D eigenvalue weighted by molar-refractivity contribution is 5.92. The molecule has 1 rings (SSSR count). The first-order chi connectivity index (χ1) is 5.84. The third-order valence-corrected chi connectivity index (χ3v) is 1.31. The zero-order valence-corrected chi connectivity index (χ0v) is 6.45. The van der Waals surface area contributed by atoms with Gasteiger partial charge in [-0.05, 0) is 6.08 Å². The lowest BCUT2D eigenvalue weighted by Crippen LogP contribution is -2.16. The second-order valence-corrected chi connectivity index (χ2v) is 2.18. The van der Waals surface area contributed by atoms with E-state index in [2.05, 4.69) is 10.1 Å². The summed E-state index contributed by atoms with van der Waals surface area (Å²) in [6.07, 6.45) is 5.56. The van der Waals surface area contributed by atoms with Crippen LogP contribution in [0, 0.1) is 0 Å². The standard InChI is InChI=1S/C8H9NO3/c10-4-5-12-8(11)7-2-1-3-9-6-7/h1-2,4,6,9H,3,5H2. The van der Waals surface area contributed by atoms with Gasteiger partial charge in [-0.25, -0.2) is 4.79 Å². The highest BCUT2D eigenvalue weighted by Crippen LogP contribution is 2.01. The van der Waals surface area contributed by atoms with Gasteiger partial charge in [-0.1, -0.05) is 6.08 Å². The summed E-state index contributed by atoms with van der Waals surface area (Å²) in [6.45, 7) is 0.522. The molecule has 0 atom stereocenters. The van der Waals surface area contributed by atoms with Gasteiger partial charge in [0.2, 0.25) is 0 Å². The SMILES string of the molecule is O=CCOC(=O)C1=CNCC=C1. The number of dihydropyridines is 1. The molecule has 0 fully saturated rings. The van der Waals surface area contributed by atoms with E-state index in [1.807, 2.05) is 0 Å². The molecule has 0 saturated heterocycles. The Bertz CT molecular complexity index is 243. The fourth-order valence-corrected chi connectivity index (χ4v) is 0.791. The number of carbonyl (C=O) groups excluding carboxylic acids is 2. The van der Waals surface area contributed by atoms with Crippen LogP contribution < -0.4 is 5.32 Å². The van der Waals surface area contributed by atoms with E-state index in [0.717, 1.165) is 0 Å². The average Bonchev–Trinajstić information content (AvgIpc) is 2.15. The molecule has 0 aromatic heterocycles. The molecule has 64 valence electrons. The fourth-order valence-electron chi connectivity index (χ4n) is 0.791. The van der Waals surface area contributed by atoms with Gasteiger partial charge in [0.25, 0.3) is 0 Å². The van der Waals surface area contributed by atoms with Crippen LogP contribution in [0.15, 0.2) is 23.9 Å².